The summed E-state index contributed by atoms with van der Waals surface area (Å²) in [5.74, 6) is 0.375. The van der Waals surface area contributed by atoms with Crippen molar-refractivity contribution in [2.45, 2.75) is 20.4 Å². The van der Waals surface area contributed by atoms with Crippen LogP contribution in [0.4, 0.5) is 0 Å². The molecule has 2 aromatic carbocycles. The maximum Gasteiger partial charge on any atom is 0.274 e. The molecule has 4 aromatic rings. The average Bonchev–Trinajstić information content (AvgIpc) is 3.34. The third-order valence-electron chi connectivity index (χ3n) is 4.34. The Morgan fingerprint density at radius 1 is 1.00 bits per heavy atom. The van der Waals surface area contributed by atoms with Crippen LogP contribution in [0, 0.1) is 13.8 Å². The lowest BCUT2D eigenvalue weighted by atomic mass is 10.2. The van der Waals surface area contributed by atoms with Gasteiger partial charge in [-0.1, -0.05) is 41.6 Å². The van der Waals surface area contributed by atoms with Crippen molar-refractivity contribution in [2.24, 2.45) is 0 Å². The number of hydrogen-bond acceptors (Lipinski definition) is 6. The third-order valence-corrected chi connectivity index (χ3v) is 4.34. The topological polar surface area (TPSA) is 98.7 Å². The van der Waals surface area contributed by atoms with Crippen molar-refractivity contribution in [3.8, 4) is 17.1 Å². The molecule has 0 aliphatic carbocycles. The predicted octanol–water partition coefficient (Wildman–Crippen LogP) is 2.86. The first-order valence-corrected chi connectivity index (χ1v) is 8.78. The summed E-state index contributed by atoms with van der Waals surface area (Å²) >= 11 is 0. The summed E-state index contributed by atoms with van der Waals surface area (Å²) in [6, 6.07) is 17.2. The van der Waals surface area contributed by atoms with E-state index in [0.717, 1.165) is 16.8 Å². The Hall–Kier alpha value is -3.81. The van der Waals surface area contributed by atoms with E-state index in [1.807, 2.05) is 68.4 Å². The number of aryl methyl sites for hydroxylation is 1. The van der Waals surface area contributed by atoms with Crippen LogP contribution in [-0.4, -0.2) is 31.1 Å². The van der Waals surface area contributed by atoms with E-state index in [1.165, 1.54) is 0 Å². The minimum Gasteiger partial charge on any atom is -0.419 e. The molecule has 0 atom stereocenters. The molecule has 0 aliphatic heterocycles. The minimum absolute atomic E-state index is 0.106. The molecular weight excluding hydrogens is 356 g/mol. The van der Waals surface area contributed by atoms with E-state index in [1.54, 1.807) is 4.68 Å². The van der Waals surface area contributed by atoms with Crippen LogP contribution < -0.4 is 5.32 Å². The van der Waals surface area contributed by atoms with Gasteiger partial charge in [0.25, 0.3) is 5.91 Å². The molecule has 2 heterocycles. The third kappa shape index (κ3) is 3.39. The zero-order valence-electron chi connectivity index (χ0n) is 15.5. The summed E-state index contributed by atoms with van der Waals surface area (Å²) < 4.78 is 7.26. The minimum atomic E-state index is -0.350. The highest BCUT2D eigenvalue weighted by molar-refractivity contribution is 5.93. The van der Waals surface area contributed by atoms with Gasteiger partial charge in [0.15, 0.2) is 5.69 Å². The van der Waals surface area contributed by atoms with Gasteiger partial charge >= 0.3 is 0 Å². The Morgan fingerprint density at radius 3 is 2.54 bits per heavy atom. The van der Waals surface area contributed by atoms with Crippen molar-refractivity contribution in [1.29, 1.82) is 0 Å². The van der Waals surface area contributed by atoms with Gasteiger partial charge in [0.05, 0.1) is 17.9 Å². The highest BCUT2D eigenvalue weighted by Gasteiger charge is 2.19. The number of benzene rings is 2. The van der Waals surface area contributed by atoms with E-state index in [0.29, 0.717) is 17.5 Å². The van der Waals surface area contributed by atoms with Crippen LogP contribution in [0.1, 0.15) is 27.6 Å². The van der Waals surface area contributed by atoms with Crippen LogP contribution in [0.5, 0.6) is 0 Å². The van der Waals surface area contributed by atoms with Gasteiger partial charge in [-0.25, -0.2) is 4.68 Å². The highest BCUT2D eigenvalue weighted by Crippen LogP contribution is 2.18. The van der Waals surface area contributed by atoms with Crippen LogP contribution in [-0.2, 0) is 6.54 Å². The van der Waals surface area contributed by atoms with Crippen LogP contribution in [0.15, 0.2) is 59.0 Å². The number of carbonyl (C=O) groups excluding carboxylic acids is 1. The largest absolute Gasteiger partial charge is 0.419 e. The fourth-order valence-corrected chi connectivity index (χ4v) is 2.83. The second-order valence-corrected chi connectivity index (χ2v) is 6.27. The van der Waals surface area contributed by atoms with Crippen LogP contribution in [0.25, 0.3) is 17.1 Å². The molecule has 0 radical (unpaired) electrons. The van der Waals surface area contributed by atoms with Crippen LogP contribution in [0.3, 0.4) is 0 Å². The molecule has 140 valence electrons. The molecule has 0 unspecified atom stereocenters. The van der Waals surface area contributed by atoms with Crippen molar-refractivity contribution in [3.05, 3.63) is 77.4 Å². The Labute approximate surface area is 161 Å². The Morgan fingerprint density at radius 2 is 1.75 bits per heavy atom. The molecule has 0 bridgehead atoms. The van der Waals surface area contributed by atoms with E-state index in [4.69, 9.17) is 4.42 Å². The van der Waals surface area contributed by atoms with Gasteiger partial charge in [-0.2, -0.15) is 0 Å². The summed E-state index contributed by atoms with van der Waals surface area (Å²) in [6.45, 7) is 3.90. The standard InChI is InChI=1S/C20H18N6O2/c1-13-8-6-7-11-16(13)26-14(2)18(23-25-26)19(27)21-12-17-22-24-20(28-17)15-9-4-3-5-10-15/h3-11H,12H2,1-2H3,(H,21,27). The van der Waals surface area contributed by atoms with Gasteiger partial charge in [0.2, 0.25) is 11.8 Å². The van der Waals surface area contributed by atoms with Crippen molar-refractivity contribution in [1.82, 2.24) is 30.5 Å². The molecular formula is C20H18N6O2. The zero-order valence-corrected chi connectivity index (χ0v) is 15.5. The Balaban J connectivity index is 1.47. The highest BCUT2D eigenvalue weighted by atomic mass is 16.4. The Kier molecular flexibility index (Phi) is 4.67. The lowest BCUT2D eigenvalue weighted by molar-refractivity contribution is 0.0941. The second-order valence-electron chi connectivity index (χ2n) is 6.27. The quantitative estimate of drug-likeness (QED) is 0.577. The number of nitrogens with one attached hydrogen (secondary N) is 1. The molecule has 4 rings (SSSR count). The summed E-state index contributed by atoms with van der Waals surface area (Å²) in [4.78, 5) is 12.5. The van der Waals surface area contributed by atoms with Gasteiger partial charge in [-0.3, -0.25) is 4.79 Å². The van der Waals surface area contributed by atoms with Gasteiger partial charge in [0, 0.05) is 5.56 Å². The normalized spacial score (nSPS) is 10.8. The fraction of sp³-hybridized carbons (Fsp3) is 0.150. The number of carbonyl (C=O) groups is 1. The van der Waals surface area contributed by atoms with Crippen molar-refractivity contribution in [2.75, 3.05) is 0 Å². The molecule has 1 amide bonds. The molecule has 0 saturated carbocycles. The maximum absolute atomic E-state index is 12.5. The van der Waals surface area contributed by atoms with E-state index in [9.17, 15) is 4.79 Å². The van der Waals surface area contributed by atoms with E-state index in [-0.39, 0.29) is 18.1 Å². The smallest absolute Gasteiger partial charge is 0.274 e. The number of nitrogens with zero attached hydrogens (tertiary/aromatic N) is 5. The summed E-state index contributed by atoms with van der Waals surface area (Å²) in [7, 11) is 0. The number of para-hydroxylation sites is 1. The first-order chi connectivity index (χ1) is 13.6. The number of aromatic nitrogens is 5. The first-order valence-electron chi connectivity index (χ1n) is 8.78. The zero-order chi connectivity index (χ0) is 19.5. The van der Waals surface area contributed by atoms with E-state index >= 15 is 0 Å². The van der Waals surface area contributed by atoms with Crippen LogP contribution in [0.2, 0.25) is 0 Å². The SMILES string of the molecule is Cc1ccccc1-n1nnc(C(=O)NCc2nnc(-c3ccccc3)o2)c1C. The number of hydrogen-bond donors (Lipinski definition) is 1. The van der Waals surface area contributed by atoms with Crippen molar-refractivity contribution in [3.63, 3.8) is 0 Å². The molecule has 0 saturated heterocycles. The Bertz CT molecular complexity index is 1120. The van der Waals surface area contributed by atoms with Gasteiger partial charge in [-0.05, 0) is 37.6 Å². The lowest BCUT2D eigenvalue weighted by Crippen LogP contribution is -2.24. The molecule has 0 aliphatic rings. The van der Waals surface area contributed by atoms with E-state index < -0.39 is 0 Å². The van der Waals surface area contributed by atoms with Crippen LogP contribution >= 0.6 is 0 Å². The fourth-order valence-electron chi connectivity index (χ4n) is 2.83. The first kappa shape index (κ1) is 17.6. The van der Waals surface area contributed by atoms with Crippen molar-refractivity contribution >= 4 is 5.91 Å². The molecule has 0 fully saturated rings. The van der Waals surface area contributed by atoms with Gasteiger partial charge < -0.3 is 9.73 Å². The van der Waals surface area contributed by atoms with Crippen molar-refractivity contribution < 1.29 is 9.21 Å². The maximum atomic E-state index is 12.5. The average molecular weight is 374 g/mol. The molecule has 8 nitrogen and oxygen atoms in total. The second kappa shape index (κ2) is 7.43. The molecule has 0 spiro atoms. The predicted molar refractivity (Wildman–Crippen MR) is 102 cm³/mol. The monoisotopic (exact) mass is 374 g/mol. The molecule has 8 heteroatoms. The molecule has 2 aromatic heterocycles. The lowest BCUT2D eigenvalue weighted by Gasteiger charge is -2.06. The molecule has 1 N–H and O–H groups in total. The van der Waals surface area contributed by atoms with Gasteiger partial charge in [-0.15, -0.1) is 15.3 Å². The summed E-state index contributed by atoms with van der Waals surface area (Å²) in [5, 5.41) is 18.9. The molecule has 28 heavy (non-hydrogen) atoms. The van der Waals surface area contributed by atoms with Gasteiger partial charge in [0.1, 0.15) is 0 Å². The number of rotatable bonds is 5. The van der Waals surface area contributed by atoms with E-state index in [2.05, 4.69) is 25.8 Å². The summed E-state index contributed by atoms with van der Waals surface area (Å²) in [6.07, 6.45) is 0. The number of amides is 1. The summed E-state index contributed by atoms with van der Waals surface area (Å²) in [5.41, 5.74) is 3.66.